The van der Waals surface area contributed by atoms with E-state index < -0.39 is 11.9 Å². The number of carboxylic acid groups (broad SMARTS) is 1. The average molecular weight is 238 g/mol. The molecule has 1 N–H and O–H groups in total. The van der Waals surface area contributed by atoms with Crippen LogP contribution in [0.4, 0.5) is 0 Å². The molecule has 1 unspecified atom stereocenters. The highest BCUT2D eigenvalue weighted by Gasteiger charge is 2.26. The summed E-state index contributed by atoms with van der Waals surface area (Å²) in [6.45, 7) is 1.96. The molecule has 0 aromatic heterocycles. The van der Waals surface area contributed by atoms with Crippen LogP contribution in [0.3, 0.4) is 0 Å². The second-order valence-electron chi connectivity index (χ2n) is 3.76. The Labute approximate surface area is 101 Å². The minimum atomic E-state index is -0.852. The molecule has 0 aliphatic carbocycles. The van der Waals surface area contributed by atoms with Crippen molar-refractivity contribution >= 4 is 5.97 Å². The van der Waals surface area contributed by atoms with Crippen molar-refractivity contribution in [2.45, 2.75) is 25.7 Å². The van der Waals surface area contributed by atoms with Crippen LogP contribution in [-0.4, -0.2) is 25.3 Å². The first-order valence-electron chi connectivity index (χ1n) is 5.59. The molecule has 0 aliphatic rings. The predicted molar refractivity (Wildman–Crippen MR) is 64.8 cm³/mol. The van der Waals surface area contributed by atoms with Gasteiger partial charge in [0.25, 0.3) is 0 Å². The summed E-state index contributed by atoms with van der Waals surface area (Å²) < 4.78 is 10.4. The van der Waals surface area contributed by atoms with E-state index in [0.29, 0.717) is 23.5 Å². The number of aliphatic carboxylic acids is 1. The molecular weight excluding hydrogens is 220 g/mol. The lowest BCUT2D eigenvalue weighted by molar-refractivity contribution is -0.139. The summed E-state index contributed by atoms with van der Waals surface area (Å²) in [5.74, 6) is -0.323. The molecule has 0 saturated carbocycles. The van der Waals surface area contributed by atoms with E-state index in [0.717, 1.165) is 6.42 Å². The standard InChI is InChI=1S/C13H18O4/c1-4-6-9(13(14)15)12-10(16-2)7-5-8-11(12)17-3/h5,7-9H,4,6H2,1-3H3,(H,14,15). The molecule has 0 aliphatic heterocycles. The molecule has 0 fully saturated rings. The van der Waals surface area contributed by atoms with E-state index >= 15 is 0 Å². The Morgan fingerprint density at radius 3 is 2.18 bits per heavy atom. The summed E-state index contributed by atoms with van der Waals surface area (Å²) in [5, 5.41) is 9.29. The van der Waals surface area contributed by atoms with Crippen LogP contribution in [0.5, 0.6) is 11.5 Å². The van der Waals surface area contributed by atoms with Gasteiger partial charge in [-0.15, -0.1) is 0 Å². The predicted octanol–water partition coefficient (Wildman–Crippen LogP) is 2.67. The van der Waals surface area contributed by atoms with Crippen molar-refractivity contribution in [1.82, 2.24) is 0 Å². The van der Waals surface area contributed by atoms with Gasteiger partial charge in [0.1, 0.15) is 11.5 Å². The molecule has 94 valence electrons. The fourth-order valence-corrected chi connectivity index (χ4v) is 1.90. The van der Waals surface area contributed by atoms with E-state index in [1.165, 1.54) is 14.2 Å². The summed E-state index contributed by atoms with van der Waals surface area (Å²) in [5.41, 5.74) is 0.617. The van der Waals surface area contributed by atoms with Gasteiger partial charge in [0.15, 0.2) is 0 Å². The Morgan fingerprint density at radius 2 is 1.82 bits per heavy atom. The fraction of sp³-hybridized carbons (Fsp3) is 0.462. The molecule has 0 saturated heterocycles. The average Bonchev–Trinajstić information content (AvgIpc) is 2.34. The zero-order chi connectivity index (χ0) is 12.8. The minimum Gasteiger partial charge on any atom is -0.496 e. The molecule has 17 heavy (non-hydrogen) atoms. The Morgan fingerprint density at radius 1 is 1.29 bits per heavy atom. The molecule has 0 amide bonds. The highest BCUT2D eigenvalue weighted by molar-refractivity contribution is 5.78. The molecule has 0 heterocycles. The van der Waals surface area contributed by atoms with Crippen LogP contribution in [0, 0.1) is 0 Å². The van der Waals surface area contributed by atoms with Crippen molar-refractivity contribution in [1.29, 1.82) is 0 Å². The Hall–Kier alpha value is -1.71. The highest BCUT2D eigenvalue weighted by atomic mass is 16.5. The molecule has 1 atom stereocenters. The summed E-state index contributed by atoms with van der Waals surface area (Å²) in [7, 11) is 3.06. The van der Waals surface area contributed by atoms with Crippen LogP contribution >= 0.6 is 0 Å². The SMILES string of the molecule is CCCC(C(=O)O)c1c(OC)cccc1OC. The molecule has 0 spiro atoms. The maximum Gasteiger partial charge on any atom is 0.311 e. The van der Waals surface area contributed by atoms with Gasteiger partial charge in [0, 0.05) is 0 Å². The van der Waals surface area contributed by atoms with Gasteiger partial charge < -0.3 is 14.6 Å². The van der Waals surface area contributed by atoms with Crippen molar-refractivity contribution in [3.63, 3.8) is 0 Å². The van der Waals surface area contributed by atoms with E-state index in [-0.39, 0.29) is 0 Å². The summed E-state index contributed by atoms with van der Waals surface area (Å²) in [6.07, 6.45) is 1.35. The summed E-state index contributed by atoms with van der Waals surface area (Å²) in [6, 6.07) is 5.29. The number of hydrogen-bond donors (Lipinski definition) is 1. The van der Waals surface area contributed by atoms with Gasteiger partial charge in [0.05, 0.1) is 25.7 Å². The first-order valence-corrected chi connectivity index (χ1v) is 5.59. The Balaban J connectivity index is 3.27. The van der Waals surface area contributed by atoms with Crippen molar-refractivity contribution < 1.29 is 19.4 Å². The van der Waals surface area contributed by atoms with Crippen LogP contribution in [0.1, 0.15) is 31.2 Å². The first kappa shape index (κ1) is 13.4. The third kappa shape index (κ3) is 2.90. The highest BCUT2D eigenvalue weighted by Crippen LogP contribution is 2.37. The molecule has 1 aromatic carbocycles. The maximum atomic E-state index is 11.3. The van der Waals surface area contributed by atoms with Crippen LogP contribution < -0.4 is 9.47 Å². The third-order valence-electron chi connectivity index (χ3n) is 2.69. The van der Waals surface area contributed by atoms with Crippen molar-refractivity contribution in [2.24, 2.45) is 0 Å². The van der Waals surface area contributed by atoms with E-state index in [2.05, 4.69) is 0 Å². The van der Waals surface area contributed by atoms with Gasteiger partial charge in [-0.1, -0.05) is 19.4 Å². The van der Waals surface area contributed by atoms with Crippen LogP contribution in [0.15, 0.2) is 18.2 Å². The molecule has 0 bridgehead atoms. The normalized spacial score (nSPS) is 11.9. The lowest BCUT2D eigenvalue weighted by Crippen LogP contribution is -2.13. The minimum absolute atomic E-state index is 0.560. The number of benzene rings is 1. The number of carboxylic acids is 1. The summed E-state index contributed by atoms with van der Waals surface area (Å²) in [4.78, 5) is 11.3. The van der Waals surface area contributed by atoms with Crippen molar-refractivity contribution in [2.75, 3.05) is 14.2 Å². The maximum absolute atomic E-state index is 11.3. The number of carbonyl (C=O) groups is 1. The lowest BCUT2D eigenvalue weighted by atomic mass is 9.93. The van der Waals surface area contributed by atoms with Crippen molar-refractivity contribution in [3.8, 4) is 11.5 Å². The summed E-state index contributed by atoms with van der Waals surface area (Å²) >= 11 is 0. The first-order chi connectivity index (χ1) is 8.15. The second-order valence-corrected chi connectivity index (χ2v) is 3.76. The zero-order valence-electron chi connectivity index (χ0n) is 10.4. The Bertz CT molecular complexity index is 365. The van der Waals surface area contributed by atoms with Gasteiger partial charge >= 0.3 is 5.97 Å². The largest absolute Gasteiger partial charge is 0.496 e. The van der Waals surface area contributed by atoms with E-state index in [9.17, 15) is 9.90 Å². The number of rotatable bonds is 6. The van der Waals surface area contributed by atoms with Gasteiger partial charge in [-0.05, 0) is 18.6 Å². The van der Waals surface area contributed by atoms with E-state index in [1.54, 1.807) is 18.2 Å². The van der Waals surface area contributed by atoms with Crippen LogP contribution in [0.25, 0.3) is 0 Å². The molecule has 4 heteroatoms. The molecule has 4 nitrogen and oxygen atoms in total. The second kappa shape index (κ2) is 6.13. The van der Waals surface area contributed by atoms with Crippen LogP contribution in [-0.2, 0) is 4.79 Å². The molecule has 1 rings (SSSR count). The van der Waals surface area contributed by atoms with Gasteiger partial charge in [-0.3, -0.25) is 4.79 Å². The van der Waals surface area contributed by atoms with Crippen molar-refractivity contribution in [3.05, 3.63) is 23.8 Å². The monoisotopic (exact) mass is 238 g/mol. The zero-order valence-corrected chi connectivity index (χ0v) is 10.4. The van der Waals surface area contributed by atoms with Gasteiger partial charge in [-0.25, -0.2) is 0 Å². The van der Waals surface area contributed by atoms with Gasteiger partial charge in [0.2, 0.25) is 0 Å². The number of ether oxygens (including phenoxy) is 2. The molecule has 1 aromatic rings. The molecular formula is C13H18O4. The molecule has 0 radical (unpaired) electrons. The quantitative estimate of drug-likeness (QED) is 0.827. The number of methoxy groups -OCH3 is 2. The number of hydrogen-bond acceptors (Lipinski definition) is 3. The van der Waals surface area contributed by atoms with Crippen LogP contribution in [0.2, 0.25) is 0 Å². The lowest BCUT2D eigenvalue weighted by Gasteiger charge is -2.18. The van der Waals surface area contributed by atoms with E-state index in [4.69, 9.17) is 9.47 Å². The fourth-order valence-electron chi connectivity index (χ4n) is 1.90. The Kier molecular flexibility index (Phi) is 4.82. The topological polar surface area (TPSA) is 55.8 Å². The smallest absolute Gasteiger partial charge is 0.311 e. The van der Waals surface area contributed by atoms with Gasteiger partial charge in [-0.2, -0.15) is 0 Å². The van der Waals surface area contributed by atoms with E-state index in [1.807, 2.05) is 6.92 Å². The third-order valence-corrected chi connectivity index (χ3v) is 2.69.